The molecule has 0 saturated carbocycles. The number of rotatable bonds is 4. The van der Waals surface area contributed by atoms with Crippen LogP contribution in [0.15, 0.2) is 30.0 Å². The lowest BCUT2D eigenvalue weighted by atomic mass is 9.68. The number of benzene rings is 1. The van der Waals surface area contributed by atoms with Gasteiger partial charge in [-0.1, -0.05) is 44.9 Å². The van der Waals surface area contributed by atoms with Gasteiger partial charge >= 0.3 is 0 Å². The van der Waals surface area contributed by atoms with Gasteiger partial charge in [0.05, 0.1) is 11.4 Å². The van der Waals surface area contributed by atoms with Crippen molar-refractivity contribution in [2.24, 2.45) is 5.41 Å². The highest BCUT2D eigenvalue weighted by atomic mass is 14.9. The van der Waals surface area contributed by atoms with Gasteiger partial charge < -0.3 is 0 Å². The van der Waals surface area contributed by atoms with E-state index in [1.807, 2.05) is 0 Å². The molecule has 0 bridgehead atoms. The minimum atomic E-state index is 0.371. The van der Waals surface area contributed by atoms with Crippen LogP contribution in [-0.2, 0) is 0 Å². The van der Waals surface area contributed by atoms with E-state index in [1.54, 1.807) is 5.57 Å². The SMILES string of the molecule is CCCC1(CCC)CCCC2=C1[N]c1ccccc12. The molecule has 1 heterocycles. The van der Waals surface area contributed by atoms with Crippen molar-refractivity contribution in [3.8, 4) is 0 Å². The van der Waals surface area contributed by atoms with E-state index in [1.165, 1.54) is 61.9 Å². The zero-order valence-corrected chi connectivity index (χ0v) is 12.2. The smallest absolute Gasteiger partial charge is 0.0709 e. The van der Waals surface area contributed by atoms with Crippen LogP contribution in [0, 0.1) is 5.41 Å². The molecular weight excluding hydrogens is 230 g/mol. The molecule has 0 atom stereocenters. The topological polar surface area (TPSA) is 14.1 Å². The van der Waals surface area contributed by atoms with Gasteiger partial charge in [0.15, 0.2) is 0 Å². The molecule has 1 heteroatoms. The fraction of sp³-hybridized carbons (Fsp3) is 0.556. The average Bonchev–Trinajstić information content (AvgIpc) is 2.80. The van der Waals surface area contributed by atoms with Crippen LogP contribution in [0.1, 0.15) is 64.4 Å². The molecular formula is C18H24N. The second kappa shape index (κ2) is 5.03. The fourth-order valence-corrected chi connectivity index (χ4v) is 4.12. The van der Waals surface area contributed by atoms with E-state index in [0.717, 1.165) is 0 Å². The molecule has 0 fully saturated rings. The molecule has 1 radical (unpaired) electrons. The van der Waals surface area contributed by atoms with E-state index in [4.69, 9.17) is 5.32 Å². The second-order valence-corrected chi connectivity index (χ2v) is 6.09. The molecule has 1 nitrogen and oxygen atoms in total. The Morgan fingerprint density at radius 1 is 1.11 bits per heavy atom. The lowest BCUT2D eigenvalue weighted by molar-refractivity contribution is 0.246. The van der Waals surface area contributed by atoms with Crippen LogP contribution >= 0.6 is 0 Å². The van der Waals surface area contributed by atoms with Gasteiger partial charge in [-0.25, -0.2) is 0 Å². The van der Waals surface area contributed by atoms with Gasteiger partial charge in [0.2, 0.25) is 0 Å². The van der Waals surface area contributed by atoms with Crippen molar-refractivity contribution in [1.82, 2.24) is 5.32 Å². The first kappa shape index (κ1) is 12.8. The third kappa shape index (κ3) is 2.00. The van der Waals surface area contributed by atoms with Crippen molar-refractivity contribution in [2.75, 3.05) is 0 Å². The summed E-state index contributed by atoms with van der Waals surface area (Å²) in [6.07, 6.45) is 9.04. The van der Waals surface area contributed by atoms with Crippen LogP contribution in [0.5, 0.6) is 0 Å². The fourth-order valence-electron chi connectivity index (χ4n) is 4.12. The summed E-state index contributed by atoms with van der Waals surface area (Å²) in [7, 11) is 0. The van der Waals surface area contributed by atoms with E-state index in [9.17, 15) is 0 Å². The molecule has 0 aromatic heterocycles. The summed E-state index contributed by atoms with van der Waals surface area (Å²) in [6, 6.07) is 8.70. The molecule has 0 saturated heterocycles. The van der Waals surface area contributed by atoms with Crippen LogP contribution in [0.2, 0.25) is 0 Å². The third-order valence-electron chi connectivity index (χ3n) is 4.79. The van der Waals surface area contributed by atoms with Crippen LogP contribution in [0.3, 0.4) is 0 Å². The molecule has 3 rings (SSSR count). The van der Waals surface area contributed by atoms with Crippen LogP contribution < -0.4 is 5.32 Å². The highest BCUT2D eigenvalue weighted by Gasteiger charge is 2.41. The number of allylic oxidation sites excluding steroid dienone is 2. The standard InChI is InChI=1S/C18H24N/c1-3-11-18(12-4-2)13-7-9-15-14-8-5-6-10-16(14)19-17(15)18/h5-6,8,10H,3-4,7,9,11-13H2,1-2H3. The molecule has 19 heavy (non-hydrogen) atoms. The molecule has 1 aromatic carbocycles. The Hall–Kier alpha value is -1.24. The van der Waals surface area contributed by atoms with Crippen molar-refractivity contribution in [3.05, 3.63) is 35.5 Å². The number of hydrogen-bond acceptors (Lipinski definition) is 0. The number of fused-ring (bicyclic) bond motifs is 2. The summed E-state index contributed by atoms with van der Waals surface area (Å²) in [5.41, 5.74) is 6.00. The summed E-state index contributed by atoms with van der Waals surface area (Å²) in [4.78, 5) is 0. The maximum absolute atomic E-state index is 5.04. The maximum Gasteiger partial charge on any atom is 0.0709 e. The first-order chi connectivity index (χ1) is 9.30. The van der Waals surface area contributed by atoms with Gasteiger partial charge in [0.1, 0.15) is 0 Å². The summed E-state index contributed by atoms with van der Waals surface area (Å²) >= 11 is 0. The van der Waals surface area contributed by atoms with Gasteiger partial charge in [-0.15, -0.1) is 0 Å². The predicted molar refractivity (Wildman–Crippen MR) is 81.3 cm³/mol. The Morgan fingerprint density at radius 2 is 1.84 bits per heavy atom. The predicted octanol–water partition coefficient (Wildman–Crippen LogP) is 5.42. The summed E-state index contributed by atoms with van der Waals surface area (Å²) < 4.78 is 0. The highest BCUT2D eigenvalue weighted by Crippen LogP contribution is 2.54. The summed E-state index contributed by atoms with van der Waals surface area (Å²) in [6.45, 7) is 4.63. The van der Waals surface area contributed by atoms with Gasteiger partial charge in [-0.3, -0.25) is 5.32 Å². The van der Waals surface area contributed by atoms with E-state index in [0.29, 0.717) is 5.41 Å². The van der Waals surface area contributed by atoms with Crippen molar-refractivity contribution < 1.29 is 0 Å². The van der Waals surface area contributed by atoms with Crippen LogP contribution in [0.4, 0.5) is 5.69 Å². The molecule has 0 amide bonds. The molecule has 1 aliphatic carbocycles. The van der Waals surface area contributed by atoms with E-state index >= 15 is 0 Å². The highest BCUT2D eigenvalue weighted by molar-refractivity contribution is 5.83. The van der Waals surface area contributed by atoms with Gasteiger partial charge in [-0.2, -0.15) is 0 Å². The Balaban J connectivity index is 2.04. The minimum absolute atomic E-state index is 0.371. The Morgan fingerprint density at radius 3 is 2.58 bits per heavy atom. The first-order valence-electron chi connectivity index (χ1n) is 7.85. The van der Waals surface area contributed by atoms with Crippen molar-refractivity contribution in [3.63, 3.8) is 0 Å². The van der Waals surface area contributed by atoms with Gasteiger partial charge in [0, 0.05) is 11.0 Å². The minimum Gasteiger partial charge on any atom is -0.252 e. The molecule has 2 aliphatic rings. The molecule has 0 unspecified atom stereocenters. The van der Waals surface area contributed by atoms with Crippen molar-refractivity contribution in [2.45, 2.75) is 58.8 Å². The lowest BCUT2D eigenvalue weighted by Crippen LogP contribution is -2.29. The first-order valence-corrected chi connectivity index (χ1v) is 7.85. The molecule has 0 N–H and O–H groups in total. The van der Waals surface area contributed by atoms with Gasteiger partial charge in [-0.05, 0) is 43.7 Å². The van der Waals surface area contributed by atoms with Crippen LogP contribution in [0.25, 0.3) is 5.57 Å². The summed E-state index contributed by atoms with van der Waals surface area (Å²) in [5, 5.41) is 5.04. The number of para-hydroxylation sites is 1. The van der Waals surface area contributed by atoms with Crippen molar-refractivity contribution >= 4 is 11.3 Å². The molecule has 0 spiro atoms. The quantitative estimate of drug-likeness (QED) is 0.681. The number of nitrogens with zero attached hydrogens (tertiary/aromatic N) is 1. The molecule has 1 aliphatic heterocycles. The van der Waals surface area contributed by atoms with E-state index in [-0.39, 0.29) is 0 Å². The monoisotopic (exact) mass is 254 g/mol. The van der Waals surface area contributed by atoms with Crippen LogP contribution in [-0.4, -0.2) is 0 Å². The van der Waals surface area contributed by atoms with E-state index in [2.05, 4.69) is 38.1 Å². The summed E-state index contributed by atoms with van der Waals surface area (Å²) in [5.74, 6) is 0. The normalized spacial score (nSPS) is 19.9. The zero-order chi connectivity index (χ0) is 13.3. The third-order valence-corrected chi connectivity index (χ3v) is 4.79. The Labute approximate surface area is 117 Å². The zero-order valence-electron chi connectivity index (χ0n) is 12.2. The number of hydrogen-bond donors (Lipinski definition) is 0. The lowest BCUT2D eigenvalue weighted by Gasteiger charge is -2.38. The molecule has 101 valence electrons. The molecule has 1 aromatic rings. The van der Waals surface area contributed by atoms with Gasteiger partial charge in [0.25, 0.3) is 0 Å². The van der Waals surface area contributed by atoms with E-state index < -0.39 is 0 Å². The average molecular weight is 254 g/mol. The largest absolute Gasteiger partial charge is 0.252 e. The van der Waals surface area contributed by atoms with Crippen molar-refractivity contribution in [1.29, 1.82) is 0 Å². The second-order valence-electron chi connectivity index (χ2n) is 6.09. The maximum atomic E-state index is 5.04. The Bertz CT molecular complexity index is 492. The Kier molecular flexibility index (Phi) is 3.38.